The lowest BCUT2D eigenvalue weighted by Gasteiger charge is -2.37. The van der Waals surface area contributed by atoms with Gasteiger partial charge in [-0.1, -0.05) is 109 Å². The molecular formula is C48H33N3S2. The van der Waals surface area contributed by atoms with E-state index in [4.69, 9.17) is 9.97 Å². The van der Waals surface area contributed by atoms with Crippen LogP contribution in [-0.2, 0) is 6.42 Å². The first-order chi connectivity index (χ1) is 26.2. The minimum absolute atomic E-state index is 0.292. The maximum Gasteiger partial charge on any atom is 0.160 e. The van der Waals surface area contributed by atoms with Crippen LogP contribution in [0.5, 0.6) is 0 Å². The SMILES string of the molecule is C1=CC2=C(CC1)c1c(sc3cc4ccccc4cc13)C1CN(c3nc4c(nc3-c3ccc5ccccc5c3)sc3ccccc34)c3ccccc3C[C@H]21. The number of anilines is 2. The molecule has 1 unspecified atom stereocenters. The third kappa shape index (κ3) is 4.51. The Hall–Kier alpha value is -5.62. The van der Waals surface area contributed by atoms with E-state index in [1.807, 2.05) is 11.3 Å². The molecule has 0 saturated carbocycles. The predicted molar refractivity (Wildman–Crippen MR) is 226 cm³/mol. The highest BCUT2D eigenvalue weighted by atomic mass is 32.1. The molecule has 53 heavy (non-hydrogen) atoms. The van der Waals surface area contributed by atoms with Crippen molar-refractivity contribution >= 4 is 91.8 Å². The number of hydrogen-bond donors (Lipinski definition) is 0. The molecular weight excluding hydrogens is 683 g/mol. The van der Waals surface area contributed by atoms with Crippen molar-refractivity contribution in [2.24, 2.45) is 5.92 Å². The van der Waals surface area contributed by atoms with Crippen molar-refractivity contribution in [2.75, 3.05) is 11.4 Å². The fourth-order valence-electron chi connectivity index (χ4n) is 9.45. The lowest BCUT2D eigenvalue weighted by atomic mass is 9.70. The van der Waals surface area contributed by atoms with Crippen LogP contribution in [0.3, 0.4) is 0 Å². The summed E-state index contributed by atoms with van der Waals surface area (Å²) in [6.07, 6.45) is 8.09. The minimum Gasteiger partial charge on any atom is -0.324 e. The Balaban J connectivity index is 1.13. The van der Waals surface area contributed by atoms with Crippen LogP contribution in [0.15, 0.2) is 145 Å². The molecule has 2 atom stereocenters. The van der Waals surface area contributed by atoms with Gasteiger partial charge in [-0.05, 0) is 93.8 Å². The van der Waals surface area contributed by atoms with Crippen LogP contribution in [0.2, 0.25) is 0 Å². The smallest absolute Gasteiger partial charge is 0.160 e. The number of allylic oxidation sites excluding steroid dienone is 4. The molecule has 0 N–H and O–H groups in total. The van der Waals surface area contributed by atoms with Crippen molar-refractivity contribution < 1.29 is 0 Å². The summed E-state index contributed by atoms with van der Waals surface area (Å²) in [5.41, 5.74) is 10.3. The molecule has 2 aliphatic carbocycles. The molecule has 9 aromatic rings. The van der Waals surface area contributed by atoms with E-state index < -0.39 is 0 Å². The number of aromatic nitrogens is 2. The summed E-state index contributed by atoms with van der Waals surface area (Å²) in [6.45, 7) is 0.828. The fourth-order valence-corrected chi connectivity index (χ4v) is 11.9. The van der Waals surface area contributed by atoms with E-state index in [1.54, 1.807) is 22.5 Å². The quantitative estimate of drug-likeness (QED) is 0.178. The van der Waals surface area contributed by atoms with Gasteiger partial charge in [0.25, 0.3) is 0 Å². The molecule has 0 spiro atoms. The van der Waals surface area contributed by atoms with Gasteiger partial charge in [0.1, 0.15) is 16.0 Å². The number of thiophene rings is 2. The summed E-state index contributed by atoms with van der Waals surface area (Å²) in [5, 5.41) is 7.66. The van der Waals surface area contributed by atoms with Crippen LogP contribution in [0.4, 0.5) is 11.5 Å². The average molecular weight is 716 g/mol. The van der Waals surface area contributed by atoms with Crippen LogP contribution in [0, 0.1) is 5.92 Å². The standard InChI is InChI=1S/C48H33N3S2/c1-2-12-29-23-33(22-21-28(29)11-1)44-47(49-45-36-18-8-10-20-41(36)53-48(45)50-44)51-27-39-37(25-32-15-5-9-19-40(32)51)34-16-6-7-17-35(34)43-38-24-30-13-3-4-14-31(30)26-42(38)52-46(39)43/h1-6,8-16,18-24,26,37,39H,7,17,25,27H2/t37-,39?/m1/s1. The van der Waals surface area contributed by atoms with E-state index in [9.17, 15) is 0 Å². The van der Waals surface area contributed by atoms with E-state index >= 15 is 0 Å². The molecule has 252 valence electrons. The Bertz CT molecular complexity index is 3050. The van der Waals surface area contributed by atoms with Gasteiger partial charge in [0.15, 0.2) is 5.82 Å². The number of hydrogen-bond acceptors (Lipinski definition) is 5. The third-order valence-corrected chi connectivity index (χ3v) is 14.2. The number of nitrogens with zero attached hydrogens (tertiary/aromatic N) is 3. The summed E-state index contributed by atoms with van der Waals surface area (Å²) in [7, 11) is 0. The van der Waals surface area contributed by atoms with Crippen LogP contribution in [0.1, 0.15) is 34.8 Å². The zero-order valence-electron chi connectivity index (χ0n) is 28.9. The molecule has 0 saturated heterocycles. The largest absolute Gasteiger partial charge is 0.324 e. The molecule has 3 aliphatic rings. The van der Waals surface area contributed by atoms with Gasteiger partial charge in [0.05, 0.1) is 0 Å². The average Bonchev–Trinajstić information content (AvgIpc) is 3.71. The van der Waals surface area contributed by atoms with Crippen LogP contribution in [0.25, 0.3) is 68.9 Å². The number of benzene rings is 6. The van der Waals surface area contributed by atoms with Crippen LogP contribution in [-0.4, -0.2) is 16.5 Å². The monoisotopic (exact) mass is 715 g/mol. The highest BCUT2D eigenvalue weighted by Gasteiger charge is 2.42. The van der Waals surface area contributed by atoms with E-state index in [2.05, 4.69) is 144 Å². The molecule has 5 heteroatoms. The van der Waals surface area contributed by atoms with E-state index in [1.165, 1.54) is 63.4 Å². The van der Waals surface area contributed by atoms with Crippen LogP contribution >= 0.6 is 22.7 Å². The fraction of sp³-hybridized carbons (Fsp3) is 0.125. The predicted octanol–water partition coefficient (Wildman–Crippen LogP) is 13.2. The van der Waals surface area contributed by atoms with Crippen molar-refractivity contribution in [1.82, 2.24) is 9.97 Å². The van der Waals surface area contributed by atoms with E-state index in [-0.39, 0.29) is 0 Å². The molecule has 0 amide bonds. The lowest BCUT2D eigenvalue weighted by Crippen LogP contribution is -2.30. The van der Waals surface area contributed by atoms with Crippen molar-refractivity contribution in [2.45, 2.75) is 25.2 Å². The summed E-state index contributed by atoms with van der Waals surface area (Å²) in [6, 6.07) is 46.9. The molecule has 4 heterocycles. The molecule has 0 radical (unpaired) electrons. The molecule has 3 nitrogen and oxygen atoms in total. The van der Waals surface area contributed by atoms with E-state index in [0.29, 0.717) is 11.8 Å². The Morgan fingerprint density at radius 3 is 2.32 bits per heavy atom. The second kappa shape index (κ2) is 11.4. The van der Waals surface area contributed by atoms with Crippen LogP contribution < -0.4 is 4.90 Å². The van der Waals surface area contributed by atoms with E-state index in [0.717, 1.165) is 53.2 Å². The summed E-state index contributed by atoms with van der Waals surface area (Å²) >= 11 is 3.77. The molecule has 12 rings (SSSR count). The van der Waals surface area contributed by atoms with Gasteiger partial charge in [-0.2, -0.15) is 0 Å². The first-order valence-electron chi connectivity index (χ1n) is 18.6. The Kier molecular flexibility index (Phi) is 6.45. The zero-order valence-corrected chi connectivity index (χ0v) is 30.6. The summed E-state index contributed by atoms with van der Waals surface area (Å²) in [4.78, 5) is 16.3. The zero-order chi connectivity index (χ0) is 34.6. The highest BCUT2D eigenvalue weighted by molar-refractivity contribution is 7.25. The van der Waals surface area contributed by atoms with Crippen molar-refractivity contribution in [3.05, 3.63) is 161 Å². The molecule has 6 aromatic carbocycles. The molecule has 0 bridgehead atoms. The molecule has 1 aliphatic heterocycles. The Morgan fingerprint density at radius 1 is 0.642 bits per heavy atom. The van der Waals surface area contributed by atoms with Gasteiger partial charge < -0.3 is 4.90 Å². The molecule has 3 aromatic heterocycles. The van der Waals surface area contributed by atoms with Gasteiger partial charge >= 0.3 is 0 Å². The lowest BCUT2D eigenvalue weighted by molar-refractivity contribution is 0.501. The van der Waals surface area contributed by atoms with Crippen molar-refractivity contribution in [1.29, 1.82) is 0 Å². The first kappa shape index (κ1) is 29.9. The van der Waals surface area contributed by atoms with Gasteiger partial charge in [-0.15, -0.1) is 22.7 Å². The summed E-state index contributed by atoms with van der Waals surface area (Å²) in [5.74, 6) is 1.61. The maximum atomic E-state index is 5.69. The normalized spacial score (nSPS) is 18.1. The molecule has 0 fully saturated rings. The number of fused-ring (bicyclic) bond motifs is 13. The van der Waals surface area contributed by atoms with Gasteiger partial charge in [-0.25, -0.2) is 9.97 Å². The first-order valence-corrected chi connectivity index (χ1v) is 20.3. The van der Waals surface area contributed by atoms with Gasteiger partial charge in [0.2, 0.25) is 0 Å². The van der Waals surface area contributed by atoms with Crippen molar-refractivity contribution in [3.8, 4) is 11.3 Å². The second-order valence-corrected chi connectivity index (χ2v) is 16.9. The van der Waals surface area contributed by atoms with Gasteiger partial charge in [-0.3, -0.25) is 0 Å². The van der Waals surface area contributed by atoms with Gasteiger partial charge in [0, 0.05) is 54.3 Å². The highest BCUT2D eigenvalue weighted by Crippen LogP contribution is 2.56. The Morgan fingerprint density at radius 2 is 1.42 bits per heavy atom. The maximum absolute atomic E-state index is 5.69. The number of para-hydroxylation sites is 1. The number of rotatable bonds is 2. The summed E-state index contributed by atoms with van der Waals surface area (Å²) < 4.78 is 2.62. The third-order valence-electron chi connectivity index (χ3n) is 11.9. The van der Waals surface area contributed by atoms with Crippen molar-refractivity contribution in [3.63, 3.8) is 0 Å². The Labute approximate surface area is 315 Å². The topological polar surface area (TPSA) is 29.0 Å². The minimum atomic E-state index is 0.292. The second-order valence-electron chi connectivity index (χ2n) is 14.8.